The van der Waals surface area contributed by atoms with Crippen LogP contribution < -0.4 is 10.0 Å². The predicted molar refractivity (Wildman–Crippen MR) is 135 cm³/mol. The molecule has 3 aromatic rings. The first-order valence-electron chi connectivity index (χ1n) is 11.1. The number of rotatable bonds is 8. The molecule has 0 fully saturated rings. The van der Waals surface area contributed by atoms with Crippen molar-refractivity contribution in [1.29, 1.82) is 0 Å². The molecular weight excluding hydrogens is 432 g/mol. The van der Waals surface area contributed by atoms with Gasteiger partial charge < -0.3 is 5.32 Å². The van der Waals surface area contributed by atoms with Crippen molar-refractivity contribution in [3.63, 3.8) is 0 Å². The van der Waals surface area contributed by atoms with Crippen molar-refractivity contribution >= 4 is 27.3 Å². The minimum atomic E-state index is -3.73. The van der Waals surface area contributed by atoms with E-state index >= 15 is 0 Å². The third kappa shape index (κ3) is 6.45. The van der Waals surface area contributed by atoms with Crippen molar-refractivity contribution in [2.75, 3.05) is 10.0 Å². The van der Waals surface area contributed by atoms with E-state index in [2.05, 4.69) is 36.0 Å². The highest BCUT2D eigenvalue weighted by atomic mass is 32.2. The molecule has 6 heteroatoms. The number of nitrogens with one attached hydrogen (secondary N) is 2. The molecule has 3 aromatic carbocycles. The minimum absolute atomic E-state index is 0.134. The first-order valence-corrected chi connectivity index (χ1v) is 12.6. The number of sulfonamides is 1. The third-order valence-electron chi connectivity index (χ3n) is 5.58. The largest absolute Gasteiger partial charge is 0.326 e. The molecule has 1 amide bonds. The van der Waals surface area contributed by atoms with Gasteiger partial charge in [-0.25, -0.2) is 8.42 Å². The highest BCUT2D eigenvalue weighted by Gasteiger charge is 2.18. The summed E-state index contributed by atoms with van der Waals surface area (Å²) in [7, 11) is -3.73. The predicted octanol–water partition coefficient (Wildman–Crippen LogP) is 6.04. The van der Waals surface area contributed by atoms with Gasteiger partial charge in [0, 0.05) is 5.69 Å². The quantitative estimate of drug-likeness (QED) is 0.426. The maximum absolute atomic E-state index is 12.8. The van der Waals surface area contributed by atoms with Gasteiger partial charge in [0.1, 0.15) is 0 Å². The molecule has 1 unspecified atom stereocenters. The summed E-state index contributed by atoms with van der Waals surface area (Å²) in [4.78, 5) is 12.9. The summed E-state index contributed by atoms with van der Waals surface area (Å²) in [6, 6.07) is 19.9. The average molecular weight is 465 g/mol. The van der Waals surface area contributed by atoms with E-state index in [0.29, 0.717) is 17.3 Å². The molecule has 0 spiro atoms. The van der Waals surface area contributed by atoms with Crippen LogP contribution in [0.3, 0.4) is 0 Å². The smallest absolute Gasteiger partial charge is 0.261 e. The Labute approximate surface area is 197 Å². The van der Waals surface area contributed by atoms with Crippen molar-refractivity contribution < 1.29 is 13.2 Å². The second kappa shape index (κ2) is 10.2. The van der Waals surface area contributed by atoms with Crippen LogP contribution in [0.4, 0.5) is 11.4 Å². The summed E-state index contributed by atoms with van der Waals surface area (Å²) in [5, 5.41) is 2.88. The zero-order valence-corrected chi connectivity index (χ0v) is 20.7. The molecule has 0 saturated heterocycles. The lowest BCUT2D eigenvalue weighted by atomic mass is 9.96. The topological polar surface area (TPSA) is 75.3 Å². The van der Waals surface area contributed by atoms with Gasteiger partial charge in [0.25, 0.3) is 10.0 Å². The van der Waals surface area contributed by atoms with Crippen LogP contribution in [0, 0.1) is 19.8 Å². The zero-order chi connectivity index (χ0) is 24.2. The fourth-order valence-corrected chi connectivity index (χ4v) is 4.80. The van der Waals surface area contributed by atoms with Crippen LogP contribution in [0.1, 0.15) is 48.9 Å². The molecular formula is C27H32N2O3S. The van der Waals surface area contributed by atoms with Gasteiger partial charge in [-0.2, -0.15) is 0 Å². The van der Waals surface area contributed by atoms with Gasteiger partial charge in [0.05, 0.1) is 16.5 Å². The molecule has 0 aliphatic rings. The Morgan fingerprint density at radius 1 is 0.879 bits per heavy atom. The molecule has 2 N–H and O–H groups in total. The number of amides is 1. The van der Waals surface area contributed by atoms with Crippen LogP contribution in [0.25, 0.3) is 0 Å². The second-order valence-electron chi connectivity index (χ2n) is 9.00. The summed E-state index contributed by atoms with van der Waals surface area (Å²) in [5.41, 5.74) is 5.22. The maximum atomic E-state index is 12.8. The van der Waals surface area contributed by atoms with Crippen LogP contribution in [0.5, 0.6) is 0 Å². The van der Waals surface area contributed by atoms with Crippen molar-refractivity contribution in [3.8, 4) is 0 Å². The van der Waals surface area contributed by atoms with E-state index < -0.39 is 10.0 Å². The average Bonchev–Trinajstić information content (AvgIpc) is 2.75. The molecule has 0 bridgehead atoms. The minimum Gasteiger partial charge on any atom is -0.326 e. The number of aryl methyl sites for hydroxylation is 2. The standard InChI is InChI=1S/C27H32N2O3S/c1-18(2)16-22-7-9-23(10-8-22)21(5)27(30)28-24-11-13-25(14-12-24)33(31,32)29-26-15-6-19(3)17-20(26)4/h6-15,17-18,21,29H,16H2,1-5H3,(H,28,30). The fourth-order valence-electron chi connectivity index (χ4n) is 3.66. The second-order valence-corrected chi connectivity index (χ2v) is 10.7. The van der Waals surface area contributed by atoms with Gasteiger partial charge in [-0.3, -0.25) is 9.52 Å². The van der Waals surface area contributed by atoms with Crippen molar-refractivity contribution in [2.45, 2.75) is 51.9 Å². The summed E-state index contributed by atoms with van der Waals surface area (Å²) in [5.74, 6) is 0.114. The van der Waals surface area contributed by atoms with Gasteiger partial charge in [0.15, 0.2) is 0 Å². The summed E-state index contributed by atoms with van der Waals surface area (Å²) >= 11 is 0. The first kappa shape index (κ1) is 24.5. The van der Waals surface area contributed by atoms with E-state index in [1.165, 1.54) is 17.7 Å². The van der Waals surface area contributed by atoms with Gasteiger partial charge in [0.2, 0.25) is 5.91 Å². The Morgan fingerprint density at radius 2 is 1.52 bits per heavy atom. The van der Waals surface area contributed by atoms with E-state index in [1.54, 1.807) is 18.2 Å². The van der Waals surface area contributed by atoms with Gasteiger partial charge in [-0.1, -0.05) is 55.8 Å². The van der Waals surface area contributed by atoms with Crippen molar-refractivity contribution in [1.82, 2.24) is 0 Å². The van der Waals surface area contributed by atoms with E-state index in [-0.39, 0.29) is 16.7 Å². The lowest BCUT2D eigenvalue weighted by molar-refractivity contribution is -0.117. The van der Waals surface area contributed by atoms with Crippen LogP contribution in [0.15, 0.2) is 71.6 Å². The Balaban J connectivity index is 1.66. The first-order chi connectivity index (χ1) is 15.5. The van der Waals surface area contributed by atoms with E-state index in [1.807, 2.05) is 45.0 Å². The summed E-state index contributed by atoms with van der Waals surface area (Å²) < 4.78 is 28.2. The molecule has 5 nitrogen and oxygen atoms in total. The van der Waals surface area contributed by atoms with Gasteiger partial charge in [-0.15, -0.1) is 0 Å². The van der Waals surface area contributed by atoms with E-state index in [9.17, 15) is 13.2 Å². The maximum Gasteiger partial charge on any atom is 0.261 e. The molecule has 0 aliphatic carbocycles. The molecule has 174 valence electrons. The Hall–Kier alpha value is -3.12. The van der Waals surface area contributed by atoms with Gasteiger partial charge >= 0.3 is 0 Å². The fraction of sp³-hybridized carbons (Fsp3) is 0.296. The lowest BCUT2D eigenvalue weighted by Gasteiger charge is -2.14. The summed E-state index contributed by atoms with van der Waals surface area (Å²) in [6.07, 6.45) is 1.01. The molecule has 1 atom stereocenters. The van der Waals surface area contributed by atoms with Crippen molar-refractivity contribution in [3.05, 3.63) is 89.0 Å². The molecule has 0 radical (unpaired) electrons. The Kier molecular flexibility index (Phi) is 7.59. The van der Waals surface area contributed by atoms with Crippen LogP contribution in [-0.4, -0.2) is 14.3 Å². The third-order valence-corrected chi connectivity index (χ3v) is 6.96. The number of carbonyl (C=O) groups excluding carboxylic acids is 1. The van der Waals surface area contributed by atoms with Crippen LogP contribution >= 0.6 is 0 Å². The number of anilines is 2. The highest BCUT2D eigenvalue weighted by molar-refractivity contribution is 7.92. The SMILES string of the molecule is Cc1ccc(NS(=O)(=O)c2ccc(NC(=O)C(C)c3ccc(CC(C)C)cc3)cc2)c(C)c1. The molecule has 0 saturated carbocycles. The highest BCUT2D eigenvalue weighted by Crippen LogP contribution is 2.23. The molecule has 0 aliphatic heterocycles. The summed E-state index contributed by atoms with van der Waals surface area (Å²) in [6.45, 7) is 10.0. The normalized spacial score (nSPS) is 12.4. The number of hydrogen-bond donors (Lipinski definition) is 2. The number of hydrogen-bond acceptors (Lipinski definition) is 3. The Bertz CT molecular complexity index is 1220. The monoisotopic (exact) mass is 464 g/mol. The molecule has 0 heterocycles. The number of benzene rings is 3. The number of carbonyl (C=O) groups is 1. The van der Waals surface area contributed by atoms with Crippen LogP contribution in [0.2, 0.25) is 0 Å². The zero-order valence-electron chi connectivity index (χ0n) is 19.8. The Morgan fingerprint density at radius 3 is 2.09 bits per heavy atom. The molecule has 3 rings (SSSR count). The molecule has 33 heavy (non-hydrogen) atoms. The van der Waals surface area contributed by atoms with E-state index in [4.69, 9.17) is 0 Å². The lowest BCUT2D eigenvalue weighted by Crippen LogP contribution is -2.19. The molecule has 0 aromatic heterocycles. The van der Waals surface area contributed by atoms with Crippen LogP contribution in [-0.2, 0) is 21.2 Å². The van der Waals surface area contributed by atoms with Crippen molar-refractivity contribution in [2.24, 2.45) is 5.92 Å². The van der Waals surface area contributed by atoms with Gasteiger partial charge in [-0.05, 0) is 80.1 Å². The van der Waals surface area contributed by atoms with E-state index in [0.717, 1.165) is 23.1 Å².